The first-order valence-corrected chi connectivity index (χ1v) is 8.90. The number of hydrogen-bond donors (Lipinski definition) is 1. The average molecular weight is 367 g/mol. The number of carbonyl (C=O) groups is 2. The minimum atomic E-state index is -0.113. The molecule has 0 unspecified atom stereocenters. The lowest BCUT2D eigenvalue weighted by atomic mass is 10.2. The van der Waals surface area contributed by atoms with Crippen LogP contribution in [0.2, 0.25) is 5.02 Å². The fourth-order valence-electron chi connectivity index (χ4n) is 2.99. The lowest BCUT2D eigenvalue weighted by molar-refractivity contribution is 0.0392. The van der Waals surface area contributed by atoms with E-state index in [1.165, 1.54) is 0 Å². The molecule has 0 bridgehead atoms. The third-order valence-corrected chi connectivity index (χ3v) is 4.69. The summed E-state index contributed by atoms with van der Waals surface area (Å²) in [5, 5.41) is 3.56. The van der Waals surface area contributed by atoms with Crippen molar-refractivity contribution in [3.05, 3.63) is 34.9 Å². The van der Waals surface area contributed by atoms with Gasteiger partial charge in [-0.05, 0) is 17.7 Å². The predicted octanol–water partition coefficient (Wildman–Crippen LogP) is 1.62. The summed E-state index contributed by atoms with van der Waals surface area (Å²) in [6.45, 7) is 5.09. The number of benzene rings is 1. The smallest absolute Gasteiger partial charge is 0.320 e. The van der Waals surface area contributed by atoms with E-state index in [9.17, 15) is 9.59 Å². The van der Waals surface area contributed by atoms with Gasteiger partial charge >= 0.3 is 12.1 Å². The normalized spacial score (nSPS) is 18.2. The number of carbonyl (C=O) groups excluding carboxylic acids is 2. The topological polar surface area (TPSA) is 65.1 Å². The first kappa shape index (κ1) is 17.8. The molecule has 136 valence electrons. The van der Waals surface area contributed by atoms with E-state index in [1.54, 1.807) is 11.0 Å². The van der Waals surface area contributed by atoms with Crippen LogP contribution in [0.15, 0.2) is 24.3 Å². The van der Waals surface area contributed by atoms with Gasteiger partial charge in [-0.3, -0.25) is 0 Å². The fraction of sp³-hybridized carbons (Fsp3) is 0.529. The van der Waals surface area contributed by atoms with E-state index in [2.05, 4.69) is 5.32 Å². The lowest BCUT2D eigenvalue weighted by Crippen LogP contribution is -2.56. The van der Waals surface area contributed by atoms with Gasteiger partial charge in [-0.15, -0.1) is 0 Å². The molecule has 1 aromatic carbocycles. The number of halogens is 1. The first-order chi connectivity index (χ1) is 12.1. The summed E-state index contributed by atoms with van der Waals surface area (Å²) in [6.07, 6.45) is 0. The Balaban J connectivity index is 1.43. The van der Waals surface area contributed by atoms with Gasteiger partial charge in [0.05, 0.1) is 13.2 Å². The van der Waals surface area contributed by atoms with Gasteiger partial charge in [0.2, 0.25) is 0 Å². The second-order valence-corrected chi connectivity index (χ2v) is 6.58. The van der Waals surface area contributed by atoms with Gasteiger partial charge in [0.25, 0.3) is 0 Å². The largest absolute Gasteiger partial charge is 0.378 e. The molecule has 1 N–H and O–H groups in total. The first-order valence-electron chi connectivity index (χ1n) is 8.52. The molecule has 2 fully saturated rings. The summed E-state index contributed by atoms with van der Waals surface area (Å²) < 4.78 is 5.27. The summed E-state index contributed by atoms with van der Waals surface area (Å²) >= 11 is 5.95. The van der Waals surface area contributed by atoms with Crippen molar-refractivity contribution >= 4 is 23.7 Å². The Labute approximate surface area is 152 Å². The Bertz CT molecular complexity index is 614. The number of nitrogens with one attached hydrogen (secondary N) is 1. The molecule has 0 aromatic heterocycles. The Hall–Kier alpha value is -1.99. The zero-order valence-corrected chi connectivity index (χ0v) is 14.9. The van der Waals surface area contributed by atoms with E-state index in [-0.39, 0.29) is 12.1 Å². The van der Waals surface area contributed by atoms with Crippen molar-refractivity contribution in [3.63, 3.8) is 0 Å². The molecule has 0 saturated carbocycles. The number of rotatable bonds is 2. The molecule has 2 aliphatic rings. The molecule has 0 spiro atoms. The zero-order chi connectivity index (χ0) is 17.6. The predicted molar refractivity (Wildman–Crippen MR) is 94.6 cm³/mol. The summed E-state index contributed by atoms with van der Waals surface area (Å²) in [6, 6.07) is 7.35. The molecule has 0 atom stereocenters. The quantitative estimate of drug-likeness (QED) is 0.865. The number of amides is 4. The van der Waals surface area contributed by atoms with Crippen molar-refractivity contribution in [2.45, 2.75) is 6.54 Å². The van der Waals surface area contributed by atoms with E-state index in [4.69, 9.17) is 16.3 Å². The molecule has 2 heterocycles. The van der Waals surface area contributed by atoms with Gasteiger partial charge in [0.15, 0.2) is 0 Å². The average Bonchev–Trinajstić information content (AvgIpc) is 2.66. The SMILES string of the molecule is O=C(NCc1cccc(Cl)c1)N1CCN(C(=O)N2CCOCC2)CC1. The molecule has 0 aliphatic carbocycles. The highest BCUT2D eigenvalue weighted by atomic mass is 35.5. The van der Waals surface area contributed by atoms with Gasteiger partial charge in [-0.2, -0.15) is 0 Å². The number of piperazine rings is 1. The molecule has 2 aliphatic heterocycles. The second-order valence-electron chi connectivity index (χ2n) is 6.14. The number of hydrogen-bond acceptors (Lipinski definition) is 3. The van der Waals surface area contributed by atoms with Crippen LogP contribution < -0.4 is 5.32 Å². The van der Waals surface area contributed by atoms with Crippen LogP contribution in [0, 0.1) is 0 Å². The number of ether oxygens (including phenoxy) is 1. The summed E-state index contributed by atoms with van der Waals surface area (Å²) in [4.78, 5) is 30.1. The monoisotopic (exact) mass is 366 g/mol. The van der Waals surface area contributed by atoms with Crippen LogP contribution in [0.1, 0.15) is 5.56 Å². The number of nitrogens with zero attached hydrogens (tertiary/aromatic N) is 3. The Morgan fingerprint density at radius 1 is 1.00 bits per heavy atom. The zero-order valence-electron chi connectivity index (χ0n) is 14.1. The molecular weight excluding hydrogens is 344 g/mol. The van der Waals surface area contributed by atoms with Crippen molar-refractivity contribution in [1.82, 2.24) is 20.0 Å². The van der Waals surface area contributed by atoms with Crippen LogP contribution in [0.5, 0.6) is 0 Å². The molecule has 1 aromatic rings. The minimum Gasteiger partial charge on any atom is -0.378 e. The molecule has 4 amide bonds. The minimum absolute atomic E-state index is 0.0438. The van der Waals surface area contributed by atoms with Crippen LogP contribution in [-0.4, -0.2) is 79.2 Å². The summed E-state index contributed by atoms with van der Waals surface area (Å²) in [7, 11) is 0. The maximum Gasteiger partial charge on any atom is 0.320 e. The number of urea groups is 2. The third kappa shape index (κ3) is 4.76. The highest BCUT2D eigenvalue weighted by molar-refractivity contribution is 6.30. The van der Waals surface area contributed by atoms with Crippen molar-refractivity contribution in [3.8, 4) is 0 Å². The third-order valence-electron chi connectivity index (χ3n) is 4.45. The Morgan fingerprint density at radius 2 is 1.64 bits per heavy atom. The van der Waals surface area contributed by atoms with Gasteiger partial charge < -0.3 is 24.8 Å². The van der Waals surface area contributed by atoms with E-state index < -0.39 is 0 Å². The van der Waals surface area contributed by atoms with Crippen molar-refractivity contribution in [2.24, 2.45) is 0 Å². The summed E-state index contributed by atoms with van der Waals surface area (Å²) in [5.41, 5.74) is 0.960. The van der Waals surface area contributed by atoms with Gasteiger partial charge in [0, 0.05) is 50.8 Å². The van der Waals surface area contributed by atoms with Crippen LogP contribution in [0.4, 0.5) is 9.59 Å². The highest BCUT2D eigenvalue weighted by Gasteiger charge is 2.27. The fourth-order valence-corrected chi connectivity index (χ4v) is 3.20. The lowest BCUT2D eigenvalue weighted by Gasteiger charge is -2.38. The Kier molecular flexibility index (Phi) is 5.99. The molecule has 7 nitrogen and oxygen atoms in total. The van der Waals surface area contributed by atoms with E-state index in [0.29, 0.717) is 64.0 Å². The molecule has 0 radical (unpaired) electrons. The van der Waals surface area contributed by atoms with Crippen LogP contribution in [0.3, 0.4) is 0 Å². The molecular formula is C17H23ClN4O3. The number of morpholine rings is 1. The van der Waals surface area contributed by atoms with Crippen molar-refractivity contribution < 1.29 is 14.3 Å². The van der Waals surface area contributed by atoms with Crippen LogP contribution in [0.25, 0.3) is 0 Å². The second kappa shape index (κ2) is 8.40. The van der Waals surface area contributed by atoms with Crippen LogP contribution >= 0.6 is 11.6 Å². The molecule has 3 rings (SSSR count). The van der Waals surface area contributed by atoms with E-state index in [0.717, 1.165) is 5.56 Å². The van der Waals surface area contributed by atoms with Gasteiger partial charge in [-0.1, -0.05) is 23.7 Å². The van der Waals surface area contributed by atoms with Crippen molar-refractivity contribution in [2.75, 3.05) is 52.5 Å². The molecule has 2 saturated heterocycles. The van der Waals surface area contributed by atoms with Crippen molar-refractivity contribution in [1.29, 1.82) is 0 Å². The standard InChI is InChI=1S/C17H23ClN4O3/c18-15-3-1-2-14(12-15)13-19-16(23)20-4-6-21(7-5-20)17(24)22-8-10-25-11-9-22/h1-3,12H,4-11,13H2,(H,19,23). The maximum absolute atomic E-state index is 12.4. The summed E-state index contributed by atoms with van der Waals surface area (Å²) in [5.74, 6) is 0. The maximum atomic E-state index is 12.4. The van der Waals surface area contributed by atoms with E-state index in [1.807, 2.05) is 28.0 Å². The van der Waals surface area contributed by atoms with E-state index >= 15 is 0 Å². The van der Waals surface area contributed by atoms with Crippen LogP contribution in [-0.2, 0) is 11.3 Å². The van der Waals surface area contributed by atoms with Gasteiger partial charge in [0.1, 0.15) is 0 Å². The van der Waals surface area contributed by atoms with Gasteiger partial charge in [-0.25, -0.2) is 9.59 Å². The Morgan fingerprint density at radius 3 is 2.32 bits per heavy atom. The highest BCUT2D eigenvalue weighted by Crippen LogP contribution is 2.11. The molecule has 25 heavy (non-hydrogen) atoms. The molecule has 8 heteroatoms.